The Hall–Kier alpha value is -0.670. The first-order chi connectivity index (χ1) is 4.57. The van der Waals surface area contributed by atoms with E-state index in [9.17, 15) is 13.6 Å². The fourth-order valence-corrected chi connectivity index (χ4v) is 0.934. The molecule has 0 heterocycles. The number of hydrogen-bond acceptors (Lipinski definition) is 1. The van der Waals surface area contributed by atoms with Gasteiger partial charge in [0.1, 0.15) is 0 Å². The Balaban J connectivity index is 2.45. The summed E-state index contributed by atoms with van der Waals surface area (Å²) in [6, 6.07) is 0. The van der Waals surface area contributed by atoms with Crippen LogP contribution < -0.4 is 0 Å². The molecule has 0 aromatic carbocycles. The lowest BCUT2D eigenvalue weighted by Gasteiger charge is -2.08. The second kappa shape index (κ2) is 2.18. The van der Waals surface area contributed by atoms with E-state index in [1.165, 1.54) is 0 Å². The van der Waals surface area contributed by atoms with Gasteiger partial charge in [-0.1, -0.05) is 0 Å². The summed E-state index contributed by atoms with van der Waals surface area (Å²) < 4.78 is 23.9. The van der Waals surface area contributed by atoms with Crippen LogP contribution in [0.2, 0.25) is 0 Å². The zero-order chi connectivity index (χ0) is 7.78. The van der Waals surface area contributed by atoms with E-state index < -0.39 is 17.8 Å². The Bertz CT molecular complexity index is 152. The lowest BCUT2D eigenvalue weighted by atomic mass is 10.0. The molecule has 10 heavy (non-hydrogen) atoms. The molecule has 0 bridgehead atoms. The van der Waals surface area contributed by atoms with Crippen molar-refractivity contribution in [3.05, 3.63) is 0 Å². The van der Waals surface area contributed by atoms with E-state index in [1.54, 1.807) is 0 Å². The van der Waals surface area contributed by atoms with Crippen molar-refractivity contribution in [1.82, 2.24) is 0 Å². The van der Waals surface area contributed by atoms with E-state index in [4.69, 9.17) is 5.11 Å². The molecule has 1 aliphatic carbocycles. The van der Waals surface area contributed by atoms with Crippen molar-refractivity contribution in [2.75, 3.05) is 0 Å². The van der Waals surface area contributed by atoms with Crippen LogP contribution in [-0.4, -0.2) is 17.5 Å². The maximum absolute atomic E-state index is 12.0. The fraction of sp³-hybridized carbons (Fsp3) is 0.833. The molecular weight excluding hydrogens is 142 g/mol. The highest BCUT2D eigenvalue weighted by molar-refractivity contribution is 5.68. The van der Waals surface area contributed by atoms with Gasteiger partial charge in [-0.05, 0) is 12.8 Å². The van der Waals surface area contributed by atoms with Crippen molar-refractivity contribution in [3.8, 4) is 0 Å². The summed E-state index contributed by atoms with van der Waals surface area (Å²) in [7, 11) is 0. The topological polar surface area (TPSA) is 37.3 Å². The minimum atomic E-state index is -2.47. The second-order valence-electron chi connectivity index (χ2n) is 2.73. The lowest BCUT2D eigenvalue weighted by Crippen LogP contribution is -2.16. The molecule has 1 saturated carbocycles. The van der Waals surface area contributed by atoms with E-state index >= 15 is 0 Å². The molecule has 0 aliphatic heterocycles. The first-order valence-electron chi connectivity index (χ1n) is 3.07. The molecule has 1 fully saturated rings. The smallest absolute Gasteiger partial charge is 0.304 e. The number of halogens is 2. The quantitative estimate of drug-likeness (QED) is 0.662. The van der Waals surface area contributed by atoms with Crippen LogP contribution in [0, 0.1) is 5.41 Å². The molecule has 1 N–H and O–H groups in total. The number of rotatable bonds is 3. The number of alkyl halides is 2. The third-order valence-electron chi connectivity index (χ3n) is 1.86. The largest absolute Gasteiger partial charge is 0.481 e. The summed E-state index contributed by atoms with van der Waals surface area (Å²) >= 11 is 0. The van der Waals surface area contributed by atoms with Gasteiger partial charge in [0.05, 0.1) is 6.42 Å². The molecule has 0 spiro atoms. The fourth-order valence-electron chi connectivity index (χ4n) is 0.934. The van der Waals surface area contributed by atoms with E-state index in [0.717, 1.165) is 0 Å². The average molecular weight is 150 g/mol. The van der Waals surface area contributed by atoms with Gasteiger partial charge in [0.25, 0.3) is 0 Å². The van der Waals surface area contributed by atoms with Gasteiger partial charge in [0, 0.05) is 5.41 Å². The molecule has 2 nitrogen and oxygen atoms in total. The molecule has 0 unspecified atom stereocenters. The van der Waals surface area contributed by atoms with Crippen molar-refractivity contribution in [2.24, 2.45) is 5.41 Å². The van der Waals surface area contributed by atoms with Crippen LogP contribution in [0.3, 0.4) is 0 Å². The number of carboxylic acids is 1. The lowest BCUT2D eigenvalue weighted by molar-refractivity contribution is -0.140. The molecule has 1 rings (SSSR count). The third kappa shape index (κ3) is 1.25. The van der Waals surface area contributed by atoms with Crippen molar-refractivity contribution in [3.63, 3.8) is 0 Å². The maximum atomic E-state index is 12.0. The SMILES string of the molecule is O=C(O)CC1(C(F)F)CC1. The highest BCUT2D eigenvalue weighted by Gasteiger charge is 2.52. The third-order valence-corrected chi connectivity index (χ3v) is 1.86. The van der Waals surface area contributed by atoms with Gasteiger partial charge in [-0.2, -0.15) is 0 Å². The standard InChI is InChI=1S/C6H8F2O2/c7-5(8)6(1-2-6)3-4(9)10/h5H,1-3H2,(H,9,10). The van der Waals surface area contributed by atoms with E-state index in [1.807, 2.05) is 0 Å². The Kier molecular flexibility index (Phi) is 1.62. The molecule has 0 aromatic heterocycles. The Morgan fingerprint density at radius 2 is 2.10 bits per heavy atom. The first kappa shape index (κ1) is 7.44. The zero-order valence-corrected chi connectivity index (χ0v) is 5.31. The van der Waals surface area contributed by atoms with Crippen LogP contribution in [0.1, 0.15) is 19.3 Å². The number of hydrogen-bond donors (Lipinski definition) is 1. The van der Waals surface area contributed by atoms with E-state index in [0.29, 0.717) is 12.8 Å². The van der Waals surface area contributed by atoms with Crippen molar-refractivity contribution >= 4 is 5.97 Å². The summed E-state index contributed by atoms with van der Waals surface area (Å²) in [6.07, 6.45) is -2.14. The van der Waals surface area contributed by atoms with Gasteiger partial charge < -0.3 is 5.11 Å². The van der Waals surface area contributed by atoms with Gasteiger partial charge in [0.2, 0.25) is 6.43 Å². The summed E-state index contributed by atoms with van der Waals surface area (Å²) in [5, 5.41) is 8.20. The van der Waals surface area contributed by atoms with Crippen LogP contribution in [0.4, 0.5) is 8.78 Å². The number of aliphatic carboxylic acids is 1. The van der Waals surface area contributed by atoms with Crippen LogP contribution >= 0.6 is 0 Å². The summed E-state index contributed by atoms with van der Waals surface area (Å²) in [5.74, 6) is -1.13. The Morgan fingerprint density at radius 3 is 2.20 bits per heavy atom. The second-order valence-corrected chi connectivity index (χ2v) is 2.73. The minimum absolute atomic E-state index is 0.358. The molecule has 58 valence electrons. The van der Waals surface area contributed by atoms with Gasteiger partial charge in [0.15, 0.2) is 0 Å². The average Bonchev–Trinajstić information content (AvgIpc) is 2.46. The van der Waals surface area contributed by atoms with Crippen LogP contribution in [0.5, 0.6) is 0 Å². The van der Waals surface area contributed by atoms with Crippen LogP contribution in [-0.2, 0) is 4.79 Å². The van der Waals surface area contributed by atoms with E-state index in [2.05, 4.69) is 0 Å². The Morgan fingerprint density at radius 1 is 1.60 bits per heavy atom. The minimum Gasteiger partial charge on any atom is -0.481 e. The monoisotopic (exact) mass is 150 g/mol. The first-order valence-corrected chi connectivity index (χ1v) is 3.07. The zero-order valence-electron chi connectivity index (χ0n) is 5.31. The van der Waals surface area contributed by atoms with Gasteiger partial charge >= 0.3 is 5.97 Å². The van der Waals surface area contributed by atoms with Gasteiger partial charge in [-0.15, -0.1) is 0 Å². The molecule has 0 amide bonds. The molecule has 0 saturated heterocycles. The van der Waals surface area contributed by atoms with E-state index in [-0.39, 0.29) is 6.42 Å². The normalized spacial score (nSPS) is 21.1. The highest BCUT2D eigenvalue weighted by Crippen LogP contribution is 2.53. The van der Waals surface area contributed by atoms with Crippen molar-refractivity contribution in [2.45, 2.75) is 25.7 Å². The van der Waals surface area contributed by atoms with Gasteiger partial charge in [-0.3, -0.25) is 4.79 Å². The summed E-state index contributed by atoms with van der Waals surface area (Å²) in [4.78, 5) is 10.0. The molecule has 0 atom stereocenters. The highest BCUT2D eigenvalue weighted by atomic mass is 19.3. The molecule has 0 aromatic rings. The van der Waals surface area contributed by atoms with Crippen LogP contribution in [0.15, 0.2) is 0 Å². The maximum Gasteiger partial charge on any atom is 0.304 e. The molecule has 4 heteroatoms. The van der Waals surface area contributed by atoms with Crippen LogP contribution in [0.25, 0.3) is 0 Å². The number of carbonyl (C=O) groups is 1. The number of carboxylic acid groups (broad SMARTS) is 1. The predicted octanol–water partition coefficient (Wildman–Crippen LogP) is 1.51. The molecular formula is C6H8F2O2. The van der Waals surface area contributed by atoms with Crippen molar-refractivity contribution in [1.29, 1.82) is 0 Å². The predicted molar refractivity (Wildman–Crippen MR) is 29.9 cm³/mol. The molecule has 0 radical (unpaired) electrons. The molecule has 1 aliphatic rings. The Labute approximate surface area is 56.8 Å². The van der Waals surface area contributed by atoms with Crippen molar-refractivity contribution < 1.29 is 18.7 Å². The summed E-state index contributed by atoms with van der Waals surface area (Å²) in [6.45, 7) is 0. The summed E-state index contributed by atoms with van der Waals surface area (Å²) in [5.41, 5.74) is -1.16. The van der Waals surface area contributed by atoms with Gasteiger partial charge in [-0.25, -0.2) is 8.78 Å².